The summed E-state index contributed by atoms with van der Waals surface area (Å²) in [4.78, 5) is 26.2. The van der Waals surface area contributed by atoms with E-state index in [2.05, 4.69) is 10.2 Å². The van der Waals surface area contributed by atoms with E-state index in [-0.39, 0.29) is 29.7 Å². The number of fused-ring (bicyclic) bond motifs is 2. The molecule has 2 aromatic rings. The molecule has 2 fully saturated rings. The fourth-order valence-electron chi connectivity index (χ4n) is 4.66. The fraction of sp³-hybridized carbons (Fsp3) is 0.391. The van der Waals surface area contributed by atoms with Crippen LogP contribution in [-0.4, -0.2) is 28.8 Å². The topological polar surface area (TPSA) is 49.4 Å². The van der Waals surface area contributed by atoms with Gasteiger partial charge in [-0.15, -0.1) is 0 Å². The molecule has 2 aromatic carbocycles. The number of rotatable bonds is 4. The highest BCUT2D eigenvalue weighted by Crippen LogP contribution is 2.43. The van der Waals surface area contributed by atoms with Crippen molar-refractivity contribution in [1.29, 1.82) is 0 Å². The van der Waals surface area contributed by atoms with Crippen LogP contribution in [0, 0.1) is 5.82 Å². The van der Waals surface area contributed by atoms with E-state index in [0.29, 0.717) is 18.0 Å². The van der Waals surface area contributed by atoms with Gasteiger partial charge < -0.3 is 10.2 Å². The van der Waals surface area contributed by atoms with Gasteiger partial charge in [0.25, 0.3) is 5.91 Å². The predicted octanol–water partition coefficient (Wildman–Crippen LogP) is 4.01. The number of benzene rings is 2. The number of carbonyl (C=O) groups is 2. The van der Waals surface area contributed by atoms with Gasteiger partial charge in [-0.25, -0.2) is 4.39 Å². The van der Waals surface area contributed by atoms with Crippen molar-refractivity contribution in [3.63, 3.8) is 0 Å². The Hall–Kier alpha value is -2.69. The average molecular weight is 380 g/mol. The molecule has 5 heteroatoms. The summed E-state index contributed by atoms with van der Waals surface area (Å²) in [6.45, 7) is 1.96. The largest absolute Gasteiger partial charge is 0.352 e. The minimum Gasteiger partial charge on any atom is -0.352 e. The first-order valence-electron chi connectivity index (χ1n) is 9.93. The Balaban J connectivity index is 1.44. The number of carbonyl (C=O) groups excluding carboxylic acids is 2. The van der Waals surface area contributed by atoms with Crippen LogP contribution in [-0.2, 0) is 11.3 Å². The van der Waals surface area contributed by atoms with Gasteiger partial charge >= 0.3 is 0 Å². The summed E-state index contributed by atoms with van der Waals surface area (Å²) in [6, 6.07) is 14.8. The lowest BCUT2D eigenvalue weighted by molar-refractivity contribution is -0.119. The second-order valence-electron chi connectivity index (χ2n) is 7.92. The summed E-state index contributed by atoms with van der Waals surface area (Å²) in [6.07, 6.45) is 3.95. The highest BCUT2D eigenvalue weighted by Gasteiger charge is 2.43. The van der Waals surface area contributed by atoms with E-state index < -0.39 is 0 Å². The van der Waals surface area contributed by atoms with Gasteiger partial charge in [0, 0.05) is 31.1 Å². The molecule has 2 aliphatic heterocycles. The molecule has 2 aliphatic rings. The minimum atomic E-state index is -0.207. The van der Waals surface area contributed by atoms with Crippen molar-refractivity contribution in [2.75, 3.05) is 0 Å². The standard InChI is InChI=1S/C23H25FN2O2/c1-15(27)25-14-16-2-4-18(5-3-16)23(28)26-21-10-11-22(26)13-19(12-21)17-6-8-20(24)9-7-17/h2-9,19,21-22H,10-14H2,1H3,(H,25,27)/t19?,21-,22+. The van der Waals surface area contributed by atoms with Crippen molar-refractivity contribution < 1.29 is 14.0 Å². The van der Waals surface area contributed by atoms with Crippen LogP contribution < -0.4 is 5.32 Å². The molecular formula is C23H25FN2O2. The molecular weight excluding hydrogens is 355 g/mol. The molecule has 28 heavy (non-hydrogen) atoms. The van der Waals surface area contributed by atoms with E-state index in [4.69, 9.17) is 0 Å². The first-order chi connectivity index (χ1) is 13.5. The molecule has 0 radical (unpaired) electrons. The lowest BCUT2D eigenvalue weighted by Crippen LogP contribution is -2.46. The van der Waals surface area contributed by atoms with Crippen molar-refractivity contribution in [1.82, 2.24) is 10.2 Å². The summed E-state index contributed by atoms with van der Waals surface area (Å²) in [5, 5.41) is 2.76. The zero-order chi connectivity index (χ0) is 19.7. The summed E-state index contributed by atoms with van der Waals surface area (Å²) < 4.78 is 13.2. The highest BCUT2D eigenvalue weighted by atomic mass is 19.1. The van der Waals surface area contributed by atoms with Gasteiger partial charge in [0.15, 0.2) is 0 Å². The molecule has 4 rings (SSSR count). The Morgan fingerprint density at radius 1 is 1.00 bits per heavy atom. The van der Waals surface area contributed by atoms with E-state index in [1.807, 2.05) is 36.4 Å². The molecule has 0 aromatic heterocycles. The Bertz CT molecular complexity index is 849. The summed E-state index contributed by atoms with van der Waals surface area (Å²) >= 11 is 0. The molecule has 3 atom stereocenters. The van der Waals surface area contributed by atoms with Crippen LogP contribution in [0.25, 0.3) is 0 Å². The highest BCUT2D eigenvalue weighted by molar-refractivity contribution is 5.95. The second kappa shape index (κ2) is 7.74. The maximum atomic E-state index is 13.2. The van der Waals surface area contributed by atoms with E-state index in [0.717, 1.165) is 31.2 Å². The Labute approximate surface area is 164 Å². The quantitative estimate of drug-likeness (QED) is 0.871. The van der Waals surface area contributed by atoms with Gasteiger partial charge in [0.1, 0.15) is 5.82 Å². The molecule has 2 heterocycles. The third-order valence-electron chi connectivity index (χ3n) is 6.05. The fourth-order valence-corrected chi connectivity index (χ4v) is 4.66. The zero-order valence-electron chi connectivity index (χ0n) is 16.0. The molecule has 1 N–H and O–H groups in total. The number of nitrogens with one attached hydrogen (secondary N) is 1. The molecule has 0 aliphatic carbocycles. The number of hydrogen-bond acceptors (Lipinski definition) is 2. The number of piperidine rings is 1. The summed E-state index contributed by atoms with van der Waals surface area (Å²) in [7, 11) is 0. The van der Waals surface area contributed by atoms with Crippen LogP contribution in [0.4, 0.5) is 4.39 Å². The van der Waals surface area contributed by atoms with Crippen LogP contribution in [0.5, 0.6) is 0 Å². The van der Waals surface area contributed by atoms with Gasteiger partial charge in [0.05, 0.1) is 0 Å². The van der Waals surface area contributed by atoms with E-state index in [1.165, 1.54) is 24.6 Å². The number of halogens is 1. The Morgan fingerprint density at radius 2 is 1.61 bits per heavy atom. The predicted molar refractivity (Wildman–Crippen MR) is 105 cm³/mol. The molecule has 0 saturated carbocycles. The van der Waals surface area contributed by atoms with Gasteiger partial charge in [-0.1, -0.05) is 24.3 Å². The van der Waals surface area contributed by atoms with Crippen molar-refractivity contribution >= 4 is 11.8 Å². The Kier molecular flexibility index (Phi) is 5.16. The number of nitrogens with zero attached hydrogens (tertiary/aromatic N) is 1. The lowest BCUT2D eigenvalue weighted by atomic mass is 9.85. The average Bonchev–Trinajstić information content (AvgIpc) is 2.96. The van der Waals surface area contributed by atoms with Crippen LogP contribution in [0.1, 0.15) is 60.0 Å². The first-order valence-corrected chi connectivity index (χ1v) is 9.93. The molecule has 2 bridgehead atoms. The molecule has 2 saturated heterocycles. The monoisotopic (exact) mass is 380 g/mol. The normalized spacial score (nSPS) is 23.5. The van der Waals surface area contributed by atoms with Gasteiger partial charge in [-0.2, -0.15) is 0 Å². The smallest absolute Gasteiger partial charge is 0.254 e. The summed E-state index contributed by atoms with van der Waals surface area (Å²) in [5.41, 5.74) is 2.85. The first kappa shape index (κ1) is 18.7. The Morgan fingerprint density at radius 3 is 2.18 bits per heavy atom. The third kappa shape index (κ3) is 3.79. The van der Waals surface area contributed by atoms with Crippen molar-refractivity contribution in [2.24, 2.45) is 0 Å². The molecule has 146 valence electrons. The van der Waals surface area contributed by atoms with Crippen LogP contribution in [0.3, 0.4) is 0 Å². The minimum absolute atomic E-state index is 0.0687. The van der Waals surface area contributed by atoms with Gasteiger partial charge in [-0.05, 0) is 67.0 Å². The van der Waals surface area contributed by atoms with Gasteiger partial charge in [-0.3, -0.25) is 9.59 Å². The van der Waals surface area contributed by atoms with Crippen LogP contribution in [0.15, 0.2) is 48.5 Å². The van der Waals surface area contributed by atoms with Gasteiger partial charge in [0.2, 0.25) is 5.91 Å². The van der Waals surface area contributed by atoms with E-state index in [9.17, 15) is 14.0 Å². The van der Waals surface area contributed by atoms with Crippen LogP contribution in [0.2, 0.25) is 0 Å². The summed E-state index contributed by atoms with van der Waals surface area (Å²) in [5.74, 6) is 0.209. The maximum Gasteiger partial charge on any atom is 0.254 e. The molecule has 2 amide bonds. The van der Waals surface area contributed by atoms with E-state index >= 15 is 0 Å². The molecule has 1 unspecified atom stereocenters. The van der Waals surface area contributed by atoms with Crippen molar-refractivity contribution in [3.8, 4) is 0 Å². The van der Waals surface area contributed by atoms with Crippen molar-refractivity contribution in [3.05, 3.63) is 71.0 Å². The van der Waals surface area contributed by atoms with Crippen molar-refractivity contribution in [2.45, 2.75) is 57.2 Å². The van der Waals surface area contributed by atoms with Crippen LogP contribution >= 0.6 is 0 Å². The van der Waals surface area contributed by atoms with E-state index in [1.54, 1.807) is 0 Å². The SMILES string of the molecule is CC(=O)NCc1ccc(C(=O)N2[C@@H]3CC[C@H]2CC(c2ccc(F)cc2)C3)cc1. The number of hydrogen-bond donors (Lipinski definition) is 1. The number of amides is 2. The maximum absolute atomic E-state index is 13.2. The zero-order valence-corrected chi connectivity index (χ0v) is 16.0. The second-order valence-corrected chi connectivity index (χ2v) is 7.92. The molecule has 0 spiro atoms. The lowest BCUT2D eigenvalue weighted by Gasteiger charge is -2.39. The molecule has 4 nitrogen and oxygen atoms in total. The third-order valence-corrected chi connectivity index (χ3v) is 6.05.